The van der Waals surface area contributed by atoms with Gasteiger partial charge in [0.05, 0.1) is 18.6 Å². The van der Waals surface area contributed by atoms with Crippen LogP contribution < -0.4 is 19.9 Å². The number of methoxy groups -OCH3 is 1. The molecular formula is C25H20ClN3O4S. The molecule has 1 fully saturated rings. The van der Waals surface area contributed by atoms with Crippen molar-refractivity contribution in [3.8, 4) is 5.75 Å². The number of anilines is 3. The van der Waals surface area contributed by atoms with Crippen molar-refractivity contribution in [2.45, 2.75) is 4.87 Å². The van der Waals surface area contributed by atoms with Crippen LogP contribution in [-0.4, -0.2) is 37.1 Å². The molecule has 1 spiro atoms. The Labute approximate surface area is 205 Å². The van der Waals surface area contributed by atoms with Crippen molar-refractivity contribution >= 4 is 58.1 Å². The van der Waals surface area contributed by atoms with Crippen molar-refractivity contribution < 1.29 is 19.1 Å². The van der Waals surface area contributed by atoms with Crippen molar-refractivity contribution in [1.82, 2.24) is 0 Å². The summed E-state index contributed by atoms with van der Waals surface area (Å²) in [7, 11) is 1.57. The van der Waals surface area contributed by atoms with Crippen LogP contribution in [0.25, 0.3) is 0 Å². The SMILES string of the molecule is COc1ccc(N2C(=O)CS[C@@]23C(=O)N(CC(=O)Nc2cccc(Cl)c2)c2ccccc23)cc1. The molecule has 2 aliphatic heterocycles. The van der Waals surface area contributed by atoms with Gasteiger partial charge < -0.3 is 10.1 Å². The Kier molecular flexibility index (Phi) is 5.71. The fourth-order valence-corrected chi connectivity index (χ4v) is 5.90. The first-order valence-electron chi connectivity index (χ1n) is 10.5. The molecule has 0 radical (unpaired) electrons. The summed E-state index contributed by atoms with van der Waals surface area (Å²) in [5, 5.41) is 3.28. The number of ether oxygens (including phenoxy) is 1. The van der Waals surface area contributed by atoms with E-state index in [2.05, 4.69) is 5.32 Å². The van der Waals surface area contributed by atoms with E-state index in [0.717, 1.165) is 0 Å². The molecule has 0 unspecified atom stereocenters. The van der Waals surface area contributed by atoms with E-state index in [9.17, 15) is 14.4 Å². The molecule has 9 heteroatoms. The number of amides is 3. The number of halogens is 1. The van der Waals surface area contributed by atoms with E-state index in [1.54, 1.807) is 61.7 Å². The molecule has 3 amide bonds. The third kappa shape index (κ3) is 3.59. The van der Waals surface area contributed by atoms with E-state index in [4.69, 9.17) is 16.3 Å². The second kappa shape index (κ2) is 8.70. The maximum absolute atomic E-state index is 14.0. The van der Waals surface area contributed by atoms with Crippen LogP contribution in [0.4, 0.5) is 17.1 Å². The number of thioether (sulfide) groups is 1. The number of nitrogens with one attached hydrogen (secondary N) is 1. The lowest BCUT2D eigenvalue weighted by atomic mass is 10.0. The Bertz CT molecular complexity index is 1300. The van der Waals surface area contributed by atoms with E-state index in [-0.39, 0.29) is 30.0 Å². The van der Waals surface area contributed by atoms with Crippen molar-refractivity contribution in [2.24, 2.45) is 0 Å². The normalized spacial score (nSPS) is 19.0. The van der Waals surface area contributed by atoms with Crippen LogP contribution in [0.5, 0.6) is 5.75 Å². The zero-order chi connectivity index (χ0) is 23.9. The molecule has 0 bridgehead atoms. The average molecular weight is 494 g/mol. The van der Waals surface area contributed by atoms with Gasteiger partial charge in [0.1, 0.15) is 12.3 Å². The van der Waals surface area contributed by atoms with E-state index in [1.807, 2.05) is 18.2 Å². The van der Waals surface area contributed by atoms with Gasteiger partial charge in [0.15, 0.2) is 0 Å². The molecule has 2 aliphatic rings. The monoisotopic (exact) mass is 493 g/mol. The number of hydrogen-bond acceptors (Lipinski definition) is 5. The molecule has 2 heterocycles. The minimum absolute atomic E-state index is 0.147. The zero-order valence-corrected chi connectivity index (χ0v) is 19.7. The second-order valence-corrected chi connectivity index (χ2v) is 9.43. The topological polar surface area (TPSA) is 79.0 Å². The first-order chi connectivity index (χ1) is 16.4. The third-order valence-electron chi connectivity index (χ3n) is 5.80. The number of fused-ring (bicyclic) bond motifs is 2. The summed E-state index contributed by atoms with van der Waals surface area (Å²) in [5.74, 6) is -0.0817. The Morgan fingerprint density at radius 1 is 1.09 bits per heavy atom. The third-order valence-corrected chi connectivity index (χ3v) is 7.43. The van der Waals surface area contributed by atoms with Gasteiger partial charge in [0, 0.05) is 22.0 Å². The Morgan fingerprint density at radius 3 is 2.59 bits per heavy atom. The summed E-state index contributed by atoms with van der Waals surface area (Å²) in [4.78, 5) is 41.6. The molecule has 172 valence electrons. The molecule has 3 aromatic carbocycles. The smallest absolute Gasteiger partial charge is 0.269 e. The van der Waals surface area contributed by atoms with Gasteiger partial charge in [-0.05, 0) is 48.5 Å². The average Bonchev–Trinajstić information content (AvgIpc) is 3.30. The Balaban J connectivity index is 1.50. The van der Waals surface area contributed by atoms with Gasteiger partial charge in [-0.1, -0.05) is 35.9 Å². The number of benzene rings is 3. The van der Waals surface area contributed by atoms with Crippen LogP contribution in [0.15, 0.2) is 72.8 Å². The fraction of sp³-hybridized carbons (Fsp3) is 0.160. The van der Waals surface area contributed by atoms with Crippen molar-refractivity contribution in [3.05, 3.63) is 83.4 Å². The fourth-order valence-electron chi connectivity index (χ4n) is 4.35. The lowest BCUT2D eigenvalue weighted by Crippen LogP contribution is -2.50. The summed E-state index contributed by atoms with van der Waals surface area (Å²) in [6.07, 6.45) is 0. The number of hydrogen-bond donors (Lipinski definition) is 1. The summed E-state index contributed by atoms with van der Waals surface area (Å²) in [5.41, 5.74) is 2.42. The van der Waals surface area contributed by atoms with Gasteiger partial charge in [-0.3, -0.25) is 24.2 Å². The highest BCUT2D eigenvalue weighted by molar-refractivity contribution is 8.02. The number of carbonyl (C=O) groups excluding carboxylic acids is 3. The molecule has 0 aromatic heterocycles. The van der Waals surface area contributed by atoms with Crippen LogP contribution in [-0.2, 0) is 19.3 Å². The Morgan fingerprint density at radius 2 is 1.85 bits per heavy atom. The highest BCUT2D eigenvalue weighted by Gasteiger charge is 2.61. The van der Waals surface area contributed by atoms with Crippen LogP contribution in [0, 0.1) is 0 Å². The highest BCUT2D eigenvalue weighted by Crippen LogP contribution is 2.55. The van der Waals surface area contributed by atoms with Crippen LogP contribution >= 0.6 is 23.4 Å². The molecule has 34 heavy (non-hydrogen) atoms. The predicted octanol–water partition coefficient (Wildman–Crippen LogP) is 4.27. The van der Waals surface area contributed by atoms with Gasteiger partial charge in [0.2, 0.25) is 16.7 Å². The Hall–Kier alpha value is -3.49. The molecule has 1 saturated heterocycles. The molecule has 7 nitrogen and oxygen atoms in total. The highest BCUT2D eigenvalue weighted by atomic mass is 35.5. The largest absolute Gasteiger partial charge is 0.497 e. The van der Waals surface area contributed by atoms with E-state index in [0.29, 0.717) is 33.4 Å². The molecule has 0 aliphatic carbocycles. The predicted molar refractivity (Wildman–Crippen MR) is 133 cm³/mol. The van der Waals surface area contributed by atoms with Crippen molar-refractivity contribution in [1.29, 1.82) is 0 Å². The van der Waals surface area contributed by atoms with Gasteiger partial charge in [0.25, 0.3) is 5.91 Å². The molecular weight excluding hydrogens is 474 g/mol. The minimum atomic E-state index is -1.28. The molecule has 0 saturated carbocycles. The lowest BCUT2D eigenvalue weighted by Gasteiger charge is -2.33. The quantitative estimate of drug-likeness (QED) is 0.574. The van der Waals surface area contributed by atoms with E-state index >= 15 is 0 Å². The first-order valence-corrected chi connectivity index (χ1v) is 11.9. The zero-order valence-electron chi connectivity index (χ0n) is 18.2. The second-order valence-electron chi connectivity index (χ2n) is 7.83. The summed E-state index contributed by atoms with van der Waals surface area (Å²) < 4.78 is 5.23. The van der Waals surface area contributed by atoms with Crippen LogP contribution in [0.2, 0.25) is 5.02 Å². The first kappa shape index (κ1) is 22.3. The van der Waals surface area contributed by atoms with Crippen LogP contribution in [0.1, 0.15) is 5.56 Å². The maximum atomic E-state index is 14.0. The van der Waals surface area contributed by atoms with E-state index in [1.165, 1.54) is 21.6 Å². The number of para-hydroxylation sites is 1. The standard InChI is InChI=1S/C25H20ClN3O4S/c1-33-19-11-9-18(10-12-19)29-23(31)15-34-25(29)20-7-2-3-8-21(20)28(24(25)32)14-22(30)27-17-6-4-5-16(26)13-17/h2-13H,14-15H2,1H3,(H,27,30)/t25-/m0/s1. The molecule has 5 rings (SSSR count). The maximum Gasteiger partial charge on any atom is 0.269 e. The van der Waals surface area contributed by atoms with Gasteiger partial charge in [-0.15, -0.1) is 11.8 Å². The van der Waals surface area contributed by atoms with Gasteiger partial charge in [-0.2, -0.15) is 0 Å². The molecule has 3 aromatic rings. The van der Waals surface area contributed by atoms with Crippen molar-refractivity contribution in [2.75, 3.05) is 34.5 Å². The number of nitrogens with zero attached hydrogens (tertiary/aromatic N) is 2. The molecule has 1 atom stereocenters. The summed E-state index contributed by atoms with van der Waals surface area (Å²) in [6.45, 7) is -0.199. The summed E-state index contributed by atoms with van der Waals surface area (Å²) >= 11 is 7.28. The number of rotatable bonds is 5. The minimum Gasteiger partial charge on any atom is -0.497 e. The van der Waals surface area contributed by atoms with E-state index < -0.39 is 4.87 Å². The number of carbonyl (C=O) groups is 3. The lowest BCUT2D eigenvalue weighted by molar-refractivity contribution is -0.124. The molecule has 1 N–H and O–H groups in total. The van der Waals surface area contributed by atoms with Crippen molar-refractivity contribution in [3.63, 3.8) is 0 Å². The van der Waals surface area contributed by atoms with Crippen LogP contribution in [0.3, 0.4) is 0 Å². The summed E-state index contributed by atoms with van der Waals surface area (Å²) in [6, 6.07) is 21.1. The van der Waals surface area contributed by atoms with Gasteiger partial charge >= 0.3 is 0 Å². The van der Waals surface area contributed by atoms with Gasteiger partial charge in [-0.25, -0.2) is 0 Å².